The molecule has 0 aromatic rings. The Kier molecular flexibility index (Phi) is 53.9. The van der Waals surface area contributed by atoms with Gasteiger partial charge < -0.3 is 14.2 Å². The number of hydrogen-bond acceptors (Lipinski definition) is 5. The molecule has 0 spiro atoms. The Labute approximate surface area is 409 Å². The number of carbonyl (C=O) groups excluding carboxylic acids is 2. The van der Waals surface area contributed by atoms with Crippen LogP contribution in [0.2, 0.25) is 0 Å². The molecule has 1 atom stereocenters. The molecule has 0 amide bonds. The fraction of sp³-hybridized carbons (Fsp3) is 0.738. The number of ether oxygens (including phenoxy) is 3. The van der Waals surface area contributed by atoms with E-state index >= 15 is 0 Å². The summed E-state index contributed by atoms with van der Waals surface area (Å²) in [6, 6.07) is 0. The van der Waals surface area contributed by atoms with E-state index in [1.54, 1.807) is 0 Å². The molecule has 0 saturated heterocycles. The molecule has 0 rings (SSSR count). The first kappa shape index (κ1) is 63.1. The van der Waals surface area contributed by atoms with E-state index in [0.29, 0.717) is 19.4 Å². The zero-order chi connectivity index (χ0) is 47.7. The third-order valence-corrected chi connectivity index (χ3v) is 11.9. The monoisotopic (exact) mass is 919 g/mol. The first-order valence-electron chi connectivity index (χ1n) is 28.1. The first-order valence-corrected chi connectivity index (χ1v) is 28.1. The van der Waals surface area contributed by atoms with Crippen molar-refractivity contribution in [2.75, 3.05) is 19.8 Å². The summed E-state index contributed by atoms with van der Waals surface area (Å²) < 4.78 is 17.4. The van der Waals surface area contributed by atoms with E-state index in [9.17, 15) is 9.59 Å². The van der Waals surface area contributed by atoms with Gasteiger partial charge in [-0.2, -0.15) is 0 Å². The maximum absolute atomic E-state index is 12.8. The van der Waals surface area contributed by atoms with Gasteiger partial charge >= 0.3 is 11.9 Å². The van der Waals surface area contributed by atoms with Crippen LogP contribution in [-0.2, 0) is 23.8 Å². The summed E-state index contributed by atoms with van der Waals surface area (Å²) in [6.07, 6.45) is 74.6. The van der Waals surface area contributed by atoms with Gasteiger partial charge in [0.05, 0.1) is 6.61 Å². The standard InChI is InChI=1S/C61H106O5/c1-4-7-10-13-16-19-22-25-28-29-30-31-32-35-38-41-44-47-50-53-56-64-57-59(66-61(63)55-52-49-46-43-40-37-34-27-24-21-18-15-12-9-6-3)58-65-60(62)54-51-48-45-42-39-36-33-26-23-20-17-14-11-8-5-2/h8,11,16-17,19-20,25-28,33-34,39,42,59H,4-7,9-10,12-15,18,21-24,29-32,35-38,40-41,43-58H2,1-3H3/b11-8-,19-16-,20-17-,28-25-,33-26-,34-27-,42-39-. The van der Waals surface area contributed by atoms with E-state index in [4.69, 9.17) is 14.2 Å². The third kappa shape index (κ3) is 53.7. The predicted octanol–water partition coefficient (Wildman–Crippen LogP) is 19.2. The molecule has 0 aliphatic heterocycles. The number of rotatable bonds is 51. The SMILES string of the molecule is CC/C=C\C/C=C\C/C=C\C/C=C\CCCCC(=O)OCC(COCCCCCCCCCCCC/C=C\C/C=C\CCCCC)OC(=O)CCCCCCC/C=C\CCCCCCCC. The highest BCUT2D eigenvalue weighted by Crippen LogP contribution is 2.14. The normalized spacial score (nSPS) is 12.8. The van der Waals surface area contributed by atoms with Crippen LogP contribution in [0.1, 0.15) is 265 Å². The summed E-state index contributed by atoms with van der Waals surface area (Å²) in [7, 11) is 0. The van der Waals surface area contributed by atoms with E-state index in [-0.39, 0.29) is 25.2 Å². The van der Waals surface area contributed by atoms with Crippen LogP contribution in [-0.4, -0.2) is 37.9 Å². The molecule has 0 saturated carbocycles. The predicted molar refractivity (Wildman–Crippen MR) is 288 cm³/mol. The summed E-state index contributed by atoms with van der Waals surface area (Å²) in [5.74, 6) is -0.453. The average molecular weight is 920 g/mol. The van der Waals surface area contributed by atoms with Gasteiger partial charge in [0.25, 0.3) is 0 Å². The van der Waals surface area contributed by atoms with Crippen LogP contribution in [0.5, 0.6) is 0 Å². The Morgan fingerprint density at radius 3 is 1.17 bits per heavy atom. The summed E-state index contributed by atoms with van der Waals surface area (Å²) in [6.45, 7) is 7.64. The van der Waals surface area contributed by atoms with Crippen molar-refractivity contribution >= 4 is 11.9 Å². The van der Waals surface area contributed by atoms with Crippen molar-refractivity contribution in [1.29, 1.82) is 0 Å². The van der Waals surface area contributed by atoms with Gasteiger partial charge in [-0.1, -0.05) is 221 Å². The molecular formula is C61H106O5. The van der Waals surface area contributed by atoms with Gasteiger partial charge in [-0.15, -0.1) is 0 Å². The van der Waals surface area contributed by atoms with Gasteiger partial charge in [0.2, 0.25) is 0 Å². The highest BCUT2D eigenvalue weighted by Gasteiger charge is 2.17. The van der Waals surface area contributed by atoms with E-state index in [1.165, 1.54) is 141 Å². The van der Waals surface area contributed by atoms with Gasteiger partial charge in [-0.05, 0) is 116 Å². The van der Waals surface area contributed by atoms with Gasteiger partial charge in [0, 0.05) is 19.4 Å². The highest BCUT2D eigenvalue weighted by atomic mass is 16.6. The molecule has 66 heavy (non-hydrogen) atoms. The lowest BCUT2D eigenvalue weighted by atomic mass is 10.1. The molecule has 0 bridgehead atoms. The second-order valence-corrected chi connectivity index (χ2v) is 18.4. The molecule has 0 aromatic carbocycles. The topological polar surface area (TPSA) is 61.8 Å². The first-order chi connectivity index (χ1) is 32.6. The van der Waals surface area contributed by atoms with Crippen molar-refractivity contribution < 1.29 is 23.8 Å². The van der Waals surface area contributed by atoms with Crippen molar-refractivity contribution in [2.24, 2.45) is 0 Å². The van der Waals surface area contributed by atoms with Crippen LogP contribution < -0.4 is 0 Å². The molecule has 0 N–H and O–H groups in total. The molecule has 5 nitrogen and oxygen atoms in total. The lowest BCUT2D eigenvalue weighted by Gasteiger charge is -2.18. The van der Waals surface area contributed by atoms with Crippen molar-refractivity contribution in [3.05, 3.63) is 85.1 Å². The minimum absolute atomic E-state index is 0.0569. The van der Waals surface area contributed by atoms with Gasteiger partial charge in [-0.25, -0.2) is 0 Å². The molecule has 5 heteroatoms. The summed E-state index contributed by atoms with van der Waals surface area (Å²) in [4.78, 5) is 25.5. The van der Waals surface area contributed by atoms with Crippen molar-refractivity contribution in [1.82, 2.24) is 0 Å². The van der Waals surface area contributed by atoms with E-state index < -0.39 is 6.10 Å². The molecule has 380 valence electrons. The van der Waals surface area contributed by atoms with Crippen molar-refractivity contribution in [2.45, 2.75) is 271 Å². The molecule has 0 radical (unpaired) electrons. The molecule has 0 heterocycles. The molecule has 0 aliphatic rings. The van der Waals surface area contributed by atoms with Crippen LogP contribution >= 0.6 is 0 Å². The Morgan fingerprint density at radius 2 is 0.682 bits per heavy atom. The molecule has 1 unspecified atom stereocenters. The zero-order valence-corrected chi connectivity index (χ0v) is 43.7. The minimum atomic E-state index is -0.563. The van der Waals surface area contributed by atoms with Crippen molar-refractivity contribution in [3.63, 3.8) is 0 Å². The van der Waals surface area contributed by atoms with Crippen molar-refractivity contribution in [3.8, 4) is 0 Å². The Balaban J connectivity index is 4.33. The maximum Gasteiger partial charge on any atom is 0.306 e. The lowest BCUT2D eigenvalue weighted by molar-refractivity contribution is -0.163. The van der Waals surface area contributed by atoms with E-state index in [0.717, 1.165) is 89.9 Å². The summed E-state index contributed by atoms with van der Waals surface area (Å²) in [5, 5.41) is 0. The van der Waals surface area contributed by atoms with Gasteiger partial charge in [0.1, 0.15) is 6.61 Å². The lowest BCUT2D eigenvalue weighted by Crippen LogP contribution is -2.30. The number of allylic oxidation sites excluding steroid dienone is 14. The fourth-order valence-electron chi connectivity index (χ4n) is 7.70. The van der Waals surface area contributed by atoms with Gasteiger partial charge in [0.15, 0.2) is 6.10 Å². The average Bonchev–Trinajstić information content (AvgIpc) is 3.32. The number of esters is 2. The second kappa shape index (κ2) is 56.4. The molecule has 0 fully saturated rings. The van der Waals surface area contributed by atoms with Crippen LogP contribution in [0, 0.1) is 0 Å². The number of unbranched alkanes of at least 4 members (excludes halogenated alkanes) is 26. The molecule has 0 aliphatic carbocycles. The summed E-state index contributed by atoms with van der Waals surface area (Å²) in [5.41, 5.74) is 0. The quantitative estimate of drug-likeness (QED) is 0.0346. The van der Waals surface area contributed by atoms with E-state index in [1.807, 2.05) is 0 Å². The second-order valence-electron chi connectivity index (χ2n) is 18.4. The fourth-order valence-corrected chi connectivity index (χ4v) is 7.70. The third-order valence-electron chi connectivity index (χ3n) is 11.9. The Hall–Kier alpha value is -2.92. The number of carbonyl (C=O) groups is 2. The largest absolute Gasteiger partial charge is 0.462 e. The van der Waals surface area contributed by atoms with Crippen LogP contribution in [0.25, 0.3) is 0 Å². The molecule has 0 aromatic heterocycles. The maximum atomic E-state index is 12.8. The van der Waals surface area contributed by atoms with Crippen LogP contribution in [0.3, 0.4) is 0 Å². The van der Waals surface area contributed by atoms with Gasteiger partial charge in [-0.3, -0.25) is 9.59 Å². The zero-order valence-electron chi connectivity index (χ0n) is 43.7. The molecular weight excluding hydrogens is 813 g/mol. The minimum Gasteiger partial charge on any atom is -0.462 e. The Morgan fingerprint density at radius 1 is 0.348 bits per heavy atom. The number of hydrogen-bond donors (Lipinski definition) is 0. The summed E-state index contributed by atoms with van der Waals surface area (Å²) >= 11 is 0. The van der Waals surface area contributed by atoms with E-state index in [2.05, 4.69) is 106 Å². The van der Waals surface area contributed by atoms with Crippen LogP contribution in [0.15, 0.2) is 85.1 Å². The van der Waals surface area contributed by atoms with Crippen LogP contribution in [0.4, 0.5) is 0 Å². The smallest absolute Gasteiger partial charge is 0.306 e. The Bertz CT molecular complexity index is 1220. The highest BCUT2D eigenvalue weighted by molar-refractivity contribution is 5.70.